The number of rotatable bonds is 4. The van der Waals surface area contributed by atoms with Crippen molar-refractivity contribution < 1.29 is 19.5 Å². The quantitative estimate of drug-likeness (QED) is 0.851. The number of hydrogen-bond donors (Lipinski definition) is 2. The largest absolute Gasteiger partial charge is 0.480 e. The maximum Gasteiger partial charge on any atom is 0.323 e. The number of thioether (sulfide) groups is 1. The topological polar surface area (TPSA) is 86.7 Å². The Morgan fingerprint density at radius 1 is 1.33 bits per heavy atom. The Bertz CT molecular complexity index is 491. The summed E-state index contributed by atoms with van der Waals surface area (Å²) in [4.78, 5) is 34.6. The monoisotopic (exact) mass is 266 g/mol. The molecule has 2 amide bonds. The van der Waals surface area contributed by atoms with Gasteiger partial charge in [-0.25, -0.2) is 0 Å². The van der Waals surface area contributed by atoms with E-state index < -0.39 is 29.0 Å². The van der Waals surface area contributed by atoms with Crippen LogP contribution in [0.1, 0.15) is 0 Å². The first-order chi connectivity index (χ1) is 8.58. The van der Waals surface area contributed by atoms with Gasteiger partial charge in [0.25, 0.3) is 11.1 Å². The fraction of sp³-hybridized carbons (Fsp3) is 0.182. The summed E-state index contributed by atoms with van der Waals surface area (Å²) in [6.45, 7) is -0.600. The number of imide groups is 1. The van der Waals surface area contributed by atoms with E-state index in [-0.39, 0.29) is 0 Å². The predicted octanol–water partition coefficient (Wildman–Crippen LogP) is 1.20. The SMILES string of the molecule is O=C(O)CN1C(=O)S[C@H](Nc2ccccc2)C1=O. The molecule has 1 aliphatic heterocycles. The maximum atomic E-state index is 11.8. The molecule has 94 valence electrons. The number of anilines is 1. The number of carbonyl (C=O) groups excluding carboxylic acids is 2. The number of nitrogens with zero attached hydrogens (tertiary/aromatic N) is 1. The first-order valence-electron chi connectivity index (χ1n) is 5.13. The third kappa shape index (κ3) is 2.62. The maximum absolute atomic E-state index is 11.8. The first kappa shape index (κ1) is 12.4. The molecule has 0 unspecified atom stereocenters. The Kier molecular flexibility index (Phi) is 3.52. The van der Waals surface area contributed by atoms with Crippen LogP contribution in [0.15, 0.2) is 30.3 Å². The molecule has 0 bridgehead atoms. The van der Waals surface area contributed by atoms with Gasteiger partial charge in [0.15, 0.2) is 5.37 Å². The molecule has 1 aliphatic rings. The van der Waals surface area contributed by atoms with Crippen LogP contribution in [0.4, 0.5) is 10.5 Å². The van der Waals surface area contributed by atoms with Crippen molar-refractivity contribution in [2.24, 2.45) is 0 Å². The van der Waals surface area contributed by atoms with Crippen molar-refractivity contribution in [3.8, 4) is 0 Å². The average Bonchev–Trinajstić information content (AvgIpc) is 2.58. The van der Waals surface area contributed by atoms with Crippen molar-refractivity contribution in [1.82, 2.24) is 4.90 Å². The van der Waals surface area contributed by atoms with Gasteiger partial charge in [-0.3, -0.25) is 19.3 Å². The number of benzene rings is 1. The Balaban J connectivity index is 2.06. The molecule has 1 heterocycles. The number of para-hydroxylation sites is 1. The highest BCUT2D eigenvalue weighted by atomic mass is 32.2. The lowest BCUT2D eigenvalue weighted by Crippen LogP contribution is -2.37. The lowest BCUT2D eigenvalue weighted by molar-refractivity contribution is -0.141. The molecule has 0 aromatic heterocycles. The van der Waals surface area contributed by atoms with Gasteiger partial charge in [0.1, 0.15) is 6.54 Å². The minimum atomic E-state index is -1.21. The van der Waals surface area contributed by atoms with Crippen LogP contribution in [0, 0.1) is 0 Å². The lowest BCUT2D eigenvalue weighted by Gasteiger charge is -2.12. The molecule has 1 fully saturated rings. The molecule has 1 atom stereocenters. The van der Waals surface area contributed by atoms with Gasteiger partial charge in [-0.15, -0.1) is 0 Å². The predicted molar refractivity (Wildman–Crippen MR) is 66.2 cm³/mol. The normalized spacial score (nSPS) is 19.1. The third-order valence-corrected chi connectivity index (χ3v) is 3.27. The number of carboxylic acids is 1. The van der Waals surface area contributed by atoms with Crippen LogP contribution in [-0.4, -0.2) is 39.0 Å². The van der Waals surface area contributed by atoms with E-state index in [4.69, 9.17) is 5.11 Å². The number of carbonyl (C=O) groups is 3. The Labute approximate surface area is 107 Å². The number of amides is 2. The molecular formula is C11H10N2O4S. The zero-order chi connectivity index (χ0) is 13.1. The van der Waals surface area contributed by atoms with Crippen LogP contribution < -0.4 is 5.32 Å². The summed E-state index contributed by atoms with van der Waals surface area (Å²) in [6, 6.07) is 8.94. The van der Waals surface area contributed by atoms with E-state index in [0.29, 0.717) is 5.69 Å². The van der Waals surface area contributed by atoms with Crippen molar-refractivity contribution in [1.29, 1.82) is 0 Å². The number of aliphatic carboxylic acids is 1. The van der Waals surface area contributed by atoms with Crippen molar-refractivity contribution in [2.45, 2.75) is 5.37 Å². The second-order valence-corrected chi connectivity index (χ2v) is 4.65. The van der Waals surface area contributed by atoms with Gasteiger partial charge >= 0.3 is 5.97 Å². The number of carboxylic acid groups (broad SMARTS) is 1. The van der Waals surface area contributed by atoms with E-state index in [2.05, 4.69) is 5.32 Å². The van der Waals surface area contributed by atoms with Gasteiger partial charge < -0.3 is 10.4 Å². The summed E-state index contributed by atoms with van der Waals surface area (Å²) in [6.07, 6.45) is 0. The van der Waals surface area contributed by atoms with Gasteiger partial charge in [-0.1, -0.05) is 18.2 Å². The second-order valence-electron chi connectivity index (χ2n) is 3.59. The molecule has 0 saturated carbocycles. The molecule has 18 heavy (non-hydrogen) atoms. The third-order valence-electron chi connectivity index (χ3n) is 2.29. The first-order valence-corrected chi connectivity index (χ1v) is 6.01. The zero-order valence-electron chi connectivity index (χ0n) is 9.20. The van der Waals surface area contributed by atoms with E-state index in [9.17, 15) is 14.4 Å². The van der Waals surface area contributed by atoms with Gasteiger partial charge in [0, 0.05) is 5.69 Å². The summed E-state index contributed by atoms with van der Waals surface area (Å²) in [5.74, 6) is -1.74. The lowest BCUT2D eigenvalue weighted by atomic mass is 10.3. The summed E-state index contributed by atoms with van der Waals surface area (Å²) in [5.41, 5.74) is 0.702. The van der Waals surface area contributed by atoms with Crippen LogP contribution in [0.5, 0.6) is 0 Å². The Morgan fingerprint density at radius 3 is 2.61 bits per heavy atom. The molecule has 1 aromatic rings. The molecular weight excluding hydrogens is 256 g/mol. The molecule has 1 aromatic carbocycles. The van der Waals surface area contributed by atoms with Crippen LogP contribution in [0.2, 0.25) is 0 Å². The van der Waals surface area contributed by atoms with Gasteiger partial charge in [-0.05, 0) is 23.9 Å². The van der Waals surface area contributed by atoms with Gasteiger partial charge in [0.2, 0.25) is 0 Å². The molecule has 0 aliphatic carbocycles. The molecule has 1 saturated heterocycles. The summed E-state index contributed by atoms with van der Waals surface area (Å²) in [7, 11) is 0. The van der Waals surface area contributed by atoms with Crippen molar-refractivity contribution in [3.63, 3.8) is 0 Å². The number of hydrogen-bond acceptors (Lipinski definition) is 5. The van der Waals surface area contributed by atoms with Gasteiger partial charge in [0.05, 0.1) is 0 Å². The van der Waals surface area contributed by atoms with Gasteiger partial charge in [-0.2, -0.15) is 0 Å². The standard InChI is InChI=1S/C11H10N2O4S/c14-8(15)6-13-10(16)9(18-11(13)17)12-7-4-2-1-3-5-7/h1-5,9,12H,6H2,(H,14,15)/t9-/m0/s1. The molecule has 6 nitrogen and oxygen atoms in total. The Morgan fingerprint density at radius 2 is 2.00 bits per heavy atom. The fourth-order valence-corrected chi connectivity index (χ4v) is 2.41. The summed E-state index contributed by atoms with van der Waals surface area (Å²) >= 11 is 0.782. The molecule has 2 rings (SSSR count). The molecule has 2 N–H and O–H groups in total. The highest BCUT2D eigenvalue weighted by Crippen LogP contribution is 2.27. The van der Waals surface area contributed by atoms with Crippen LogP contribution in [0.25, 0.3) is 0 Å². The fourth-order valence-electron chi connectivity index (χ4n) is 1.50. The van der Waals surface area contributed by atoms with E-state index >= 15 is 0 Å². The highest BCUT2D eigenvalue weighted by molar-refractivity contribution is 8.15. The minimum Gasteiger partial charge on any atom is -0.480 e. The molecule has 0 spiro atoms. The summed E-state index contributed by atoms with van der Waals surface area (Å²) < 4.78 is 0. The van der Waals surface area contributed by atoms with Crippen LogP contribution >= 0.6 is 11.8 Å². The van der Waals surface area contributed by atoms with E-state index in [1.165, 1.54) is 0 Å². The van der Waals surface area contributed by atoms with E-state index in [1.54, 1.807) is 24.3 Å². The minimum absolute atomic E-state index is 0.531. The molecule has 0 radical (unpaired) electrons. The van der Waals surface area contributed by atoms with E-state index in [0.717, 1.165) is 16.7 Å². The average molecular weight is 266 g/mol. The van der Waals surface area contributed by atoms with Crippen LogP contribution in [-0.2, 0) is 9.59 Å². The Hall–Kier alpha value is -2.02. The van der Waals surface area contributed by atoms with Crippen molar-refractivity contribution in [3.05, 3.63) is 30.3 Å². The van der Waals surface area contributed by atoms with Crippen molar-refractivity contribution in [2.75, 3.05) is 11.9 Å². The number of nitrogens with one attached hydrogen (secondary N) is 1. The zero-order valence-corrected chi connectivity index (χ0v) is 10.0. The van der Waals surface area contributed by atoms with Crippen LogP contribution in [0.3, 0.4) is 0 Å². The van der Waals surface area contributed by atoms with E-state index in [1.807, 2.05) is 6.07 Å². The highest BCUT2D eigenvalue weighted by Gasteiger charge is 2.40. The molecule has 7 heteroatoms. The summed E-state index contributed by atoms with van der Waals surface area (Å²) in [5, 5.41) is 10.2. The van der Waals surface area contributed by atoms with Crippen molar-refractivity contribution >= 4 is 34.6 Å². The second kappa shape index (κ2) is 5.09. The smallest absolute Gasteiger partial charge is 0.323 e.